The number of nitrogens with one attached hydrogen (secondary N) is 2. The second-order valence-corrected chi connectivity index (χ2v) is 4.23. The second kappa shape index (κ2) is 6.56. The number of carbonyl (C=O) groups is 2. The molecule has 0 aromatic rings. The van der Waals surface area contributed by atoms with E-state index in [1.54, 1.807) is 14.0 Å². The topological polar surface area (TPSA) is 87.7 Å². The Morgan fingerprint density at radius 2 is 2.18 bits per heavy atom. The minimum atomic E-state index is -0.874. The molecule has 0 aromatic heterocycles. The average molecular weight is 244 g/mol. The first-order chi connectivity index (χ1) is 8.10. The molecule has 1 amide bonds. The molecule has 6 nitrogen and oxygen atoms in total. The van der Waals surface area contributed by atoms with Gasteiger partial charge in [-0.1, -0.05) is 6.92 Å². The Morgan fingerprint density at radius 3 is 2.71 bits per heavy atom. The third kappa shape index (κ3) is 3.67. The zero-order valence-corrected chi connectivity index (χ0v) is 10.2. The van der Waals surface area contributed by atoms with E-state index in [4.69, 9.17) is 9.84 Å². The quantitative estimate of drug-likeness (QED) is 0.583. The van der Waals surface area contributed by atoms with Crippen molar-refractivity contribution in [3.05, 3.63) is 0 Å². The molecule has 1 saturated heterocycles. The van der Waals surface area contributed by atoms with Gasteiger partial charge in [0.05, 0.1) is 25.0 Å². The van der Waals surface area contributed by atoms with Gasteiger partial charge in [-0.15, -0.1) is 0 Å². The lowest BCUT2D eigenvalue weighted by atomic mass is 10.0. The number of hydrogen-bond acceptors (Lipinski definition) is 4. The number of hydrogen-bond donors (Lipinski definition) is 3. The lowest BCUT2D eigenvalue weighted by Gasteiger charge is -2.18. The fraction of sp³-hybridized carbons (Fsp3) is 0.818. The van der Waals surface area contributed by atoms with Gasteiger partial charge >= 0.3 is 5.97 Å². The lowest BCUT2D eigenvalue weighted by molar-refractivity contribution is -0.141. The minimum absolute atomic E-state index is 0.0138. The third-order valence-electron chi connectivity index (χ3n) is 3.15. The number of likely N-dealkylation sites (N-methyl/N-ethyl adjacent to an activating group) is 1. The summed E-state index contributed by atoms with van der Waals surface area (Å²) in [4.78, 5) is 22.6. The van der Waals surface area contributed by atoms with E-state index >= 15 is 0 Å². The van der Waals surface area contributed by atoms with Crippen molar-refractivity contribution in [2.24, 2.45) is 11.8 Å². The molecule has 3 N–H and O–H groups in total. The standard InChI is InChI=1S/C11H20N2O4/c1-3-7(11(15)16)4-13-10(14)8-5-17-6-9(8)12-2/h7-9,12H,3-6H2,1-2H3,(H,13,14)(H,15,16). The summed E-state index contributed by atoms with van der Waals surface area (Å²) in [5, 5.41) is 14.6. The molecule has 1 rings (SSSR count). The number of ether oxygens (including phenoxy) is 1. The molecule has 0 spiro atoms. The van der Waals surface area contributed by atoms with Crippen LogP contribution in [0.25, 0.3) is 0 Å². The highest BCUT2D eigenvalue weighted by Gasteiger charge is 2.33. The lowest BCUT2D eigenvalue weighted by Crippen LogP contribution is -2.44. The Bertz CT molecular complexity index is 283. The van der Waals surface area contributed by atoms with Gasteiger partial charge in [0.25, 0.3) is 0 Å². The van der Waals surface area contributed by atoms with Crippen LogP contribution in [0.3, 0.4) is 0 Å². The molecule has 0 bridgehead atoms. The average Bonchev–Trinajstić information content (AvgIpc) is 2.77. The summed E-state index contributed by atoms with van der Waals surface area (Å²) in [5.41, 5.74) is 0. The van der Waals surface area contributed by atoms with Crippen LogP contribution in [0.4, 0.5) is 0 Å². The maximum Gasteiger partial charge on any atom is 0.308 e. The number of aliphatic carboxylic acids is 1. The second-order valence-electron chi connectivity index (χ2n) is 4.23. The van der Waals surface area contributed by atoms with Gasteiger partial charge in [-0.25, -0.2) is 0 Å². The molecule has 6 heteroatoms. The van der Waals surface area contributed by atoms with Crippen molar-refractivity contribution in [1.82, 2.24) is 10.6 Å². The Kier molecular flexibility index (Phi) is 5.37. The summed E-state index contributed by atoms with van der Waals surface area (Å²) in [6, 6.07) is 0.0138. The number of rotatable bonds is 6. The van der Waals surface area contributed by atoms with Gasteiger partial charge in [-0.3, -0.25) is 9.59 Å². The summed E-state index contributed by atoms with van der Waals surface area (Å²) >= 11 is 0. The van der Waals surface area contributed by atoms with Gasteiger partial charge in [0.1, 0.15) is 0 Å². The molecular formula is C11H20N2O4. The van der Waals surface area contributed by atoms with Crippen molar-refractivity contribution in [3.8, 4) is 0 Å². The van der Waals surface area contributed by atoms with Gasteiger partial charge in [0.2, 0.25) is 5.91 Å². The van der Waals surface area contributed by atoms with E-state index in [9.17, 15) is 9.59 Å². The SMILES string of the molecule is CCC(CNC(=O)C1COCC1NC)C(=O)O. The molecule has 98 valence electrons. The zero-order valence-electron chi connectivity index (χ0n) is 10.2. The van der Waals surface area contributed by atoms with Gasteiger partial charge < -0.3 is 20.5 Å². The monoisotopic (exact) mass is 244 g/mol. The van der Waals surface area contributed by atoms with Crippen LogP contribution < -0.4 is 10.6 Å². The van der Waals surface area contributed by atoms with Crippen LogP contribution in [0.5, 0.6) is 0 Å². The van der Waals surface area contributed by atoms with Crippen LogP contribution in [0.1, 0.15) is 13.3 Å². The maximum absolute atomic E-state index is 11.8. The van der Waals surface area contributed by atoms with Crippen LogP contribution >= 0.6 is 0 Å². The Morgan fingerprint density at radius 1 is 1.47 bits per heavy atom. The van der Waals surface area contributed by atoms with Gasteiger partial charge in [-0.2, -0.15) is 0 Å². The molecule has 3 unspecified atom stereocenters. The first-order valence-corrected chi connectivity index (χ1v) is 5.85. The van der Waals surface area contributed by atoms with E-state index in [1.165, 1.54) is 0 Å². The van der Waals surface area contributed by atoms with Gasteiger partial charge in [-0.05, 0) is 13.5 Å². The van der Waals surface area contributed by atoms with Crippen molar-refractivity contribution in [2.75, 3.05) is 26.8 Å². The molecule has 17 heavy (non-hydrogen) atoms. The minimum Gasteiger partial charge on any atom is -0.481 e. The summed E-state index contributed by atoms with van der Waals surface area (Å²) in [6.07, 6.45) is 0.506. The Balaban J connectivity index is 2.41. The molecule has 3 atom stereocenters. The predicted molar refractivity (Wildman–Crippen MR) is 61.6 cm³/mol. The van der Waals surface area contributed by atoms with E-state index in [-0.39, 0.29) is 24.4 Å². The number of carboxylic acid groups (broad SMARTS) is 1. The number of carbonyl (C=O) groups excluding carboxylic acids is 1. The van der Waals surface area contributed by atoms with Crippen LogP contribution in [-0.2, 0) is 14.3 Å². The highest BCUT2D eigenvalue weighted by molar-refractivity contribution is 5.80. The summed E-state index contributed by atoms with van der Waals surface area (Å²) in [5.74, 6) is -1.76. The largest absolute Gasteiger partial charge is 0.481 e. The van der Waals surface area contributed by atoms with E-state index in [0.717, 1.165) is 0 Å². The first-order valence-electron chi connectivity index (χ1n) is 5.85. The van der Waals surface area contributed by atoms with Gasteiger partial charge in [0.15, 0.2) is 0 Å². The van der Waals surface area contributed by atoms with Crippen LogP contribution in [0.2, 0.25) is 0 Å². The first kappa shape index (κ1) is 13.9. The fourth-order valence-corrected chi connectivity index (χ4v) is 1.86. The molecule has 1 aliphatic heterocycles. The summed E-state index contributed by atoms with van der Waals surface area (Å²) in [7, 11) is 1.78. The Hall–Kier alpha value is -1.14. The summed E-state index contributed by atoms with van der Waals surface area (Å²) in [6.45, 7) is 2.88. The highest BCUT2D eigenvalue weighted by atomic mass is 16.5. The smallest absolute Gasteiger partial charge is 0.308 e. The predicted octanol–water partition coefficient (Wildman–Crippen LogP) is -0.552. The normalized spacial score (nSPS) is 25.5. The molecule has 1 heterocycles. The molecule has 1 fully saturated rings. The maximum atomic E-state index is 11.8. The fourth-order valence-electron chi connectivity index (χ4n) is 1.86. The molecule has 0 saturated carbocycles. The third-order valence-corrected chi connectivity index (χ3v) is 3.15. The molecule has 0 aromatic carbocycles. The molecule has 0 aliphatic carbocycles. The highest BCUT2D eigenvalue weighted by Crippen LogP contribution is 2.13. The van der Waals surface area contributed by atoms with Crippen LogP contribution in [0, 0.1) is 11.8 Å². The molecular weight excluding hydrogens is 224 g/mol. The van der Waals surface area contributed by atoms with Crippen LogP contribution in [-0.4, -0.2) is 49.8 Å². The molecule has 1 aliphatic rings. The van der Waals surface area contributed by atoms with Crippen molar-refractivity contribution >= 4 is 11.9 Å². The van der Waals surface area contributed by atoms with Crippen molar-refractivity contribution in [2.45, 2.75) is 19.4 Å². The van der Waals surface area contributed by atoms with E-state index in [0.29, 0.717) is 19.6 Å². The number of amides is 1. The van der Waals surface area contributed by atoms with E-state index in [2.05, 4.69) is 10.6 Å². The van der Waals surface area contributed by atoms with E-state index < -0.39 is 11.9 Å². The zero-order chi connectivity index (χ0) is 12.8. The Labute approximate surface area is 101 Å². The van der Waals surface area contributed by atoms with Gasteiger partial charge in [0, 0.05) is 12.6 Å². The molecule has 0 radical (unpaired) electrons. The summed E-state index contributed by atoms with van der Waals surface area (Å²) < 4.78 is 5.22. The van der Waals surface area contributed by atoms with E-state index in [1.807, 2.05) is 0 Å². The number of carboxylic acids is 1. The van der Waals surface area contributed by atoms with Crippen molar-refractivity contribution < 1.29 is 19.4 Å². The van der Waals surface area contributed by atoms with Crippen LogP contribution in [0.15, 0.2) is 0 Å². The van der Waals surface area contributed by atoms with Crippen molar-refractivity contribution in [3.63, 3.8) is 0 Å². The van der Waals surface area contributed by atoms with Crippen molar-refractivity contribution in [1.29, 1.82) is 0 Å².